The van der Waals surface area contributed by atoms with E-state index in [0.29, 0.717) is 35.3 Å². The number of rotatable bonds is 6. The van der Waals surface area contributed by atoms with Gasteiger partial charge in [0.2, 0.25) is 5.91 Å². The molecular formula is C19H18N4O4. The highest BCUT2D eigenvalue weighted by atomic mass is 16.2. The van der Waals surface area contributed by atoms with Gasteiger partial charge in [0.05, 0.1) is 11.1 Å². The standard InChI is InChI=1S/C19H18N4O4/c20-16(24)12-6-8-13(9-7-12)22-19(27)21-10-3-11-23-17(25)14-4-1-2-5-15(14)18(23)26/h1-2,4-9H,3,10-11H2,(H2,20,24)(H2,21,22,27). The average Bonchev–Trinajstić information content (AvgIpc) is 2.90. The number of urea groups is 1. The summed E-state index contributed by atoms with van der Waals surface area (Å²) in [7, 11) is 0. The number of nitrogens with one attached hydrogen (secondary N) is 2. The number of benzene rings is 2. The van der Waals surface area contributed by atoms with Crippen molar-refractivity contribution in [2.24, 2.45) is 5.73 Å². The molecule has 0 atom stereocenters. The van der Waals surface area contributed by atoms with Gasteiger partial charge in [0.25, 0.3) is 11.8 Å². The first-order valence-electron chi connectivity index (χ1n) is 8.37. The van der Waals surface area contributed by atoms with Gasteiger partial charge >= 0.3 is 6.03 Å². The molecule has 27 heavy (non-hydrogen) atoms. The highest BCUT2D eigenvalue weighted by molar-refractivity contribution is 6.21. The third-order valence-corrected chi connectivity index (χ3v) is 4.15. The van der Waals surface area contributed by atoms with Gasteiger partial charge in [-0.2, -0.15) is 0 Å². The van der Waals surface area contributed by atoms with Gasteiger partial charge in [-0.15, -0.1) is 0 Å². The van der Waals surface area contributed by atoms with Gasteiger partial charge < -0.3 is 16.4 Å². The molecule has 8 heteroatoms. The zero-order valence-electron chi connectivity index (χ0n) is 14.4. The molecule has 0 aromatic heterocycles. The van der Waals surface area contributed by atoms with Gasteiger partial charge in [-0.25, -0.2) is 4.79 Å². The molecule has 138 valence electrons. The predicted octanol–water partition coefficient (Wildman–Crippen LogP) is 1.59. The summed E-state index contributed by atoms with van der Waals surface area (Å²) >= 11 is 0. The number of nitrogens with two attached hydrogens (primary N) is 1. The molecule has 0 unspecified atom stereocenters. The highest BCUT2D eigenvalue weighted by Gasteiger charge is 2.34. The Labute approximate surface area is 155 Å². The number of amides is 5. The maximum absolute atomic E-state index is 12.2. The molecular weight excluding hydrogens is 348 g/mol. The molecule has 0 aliphatic carbocycles. The second-order valence-corrected chi connectivity index (χ2v) is 5.98. The minimum Gasteiger partial charge on any atom is -0.366 e. The minimum atomic E-state index is -0.542. The maximum Gasteiger partial charge on any atom is 0.319 e. The molecule has 4 N–H and O–H groups in total. The lowest BCUT2D eigenvalue weighted by Gasteiger charge is -2.14. The van der Waals surface area contributed by atoms with Crippen LogP contribution in [0.5, 0.6) is 0 Å². The summed E-state index contributed by atoms with van der Waals surface area (Å²) in [4.78, 5) is 48.5. The van der Waals surface area contributed by atoms with Crippen LogP contribution in [0.15, 0.2) is 48.5 Å². The summed E-state index contributed by atoms with van der Waals surface area (Å²) in [6.07, 6.45) is 0.430. The second-order valence-electron chi connectivity index (χ2n) is 5.98. The van der Waals surface area contributed by atoms with Crippen LogP contribution in [-0.4, -0.2) is 41.7 Å². The Balaban J connectivity index is 1.44. The van der Waals surface area contributed by atoms with E-state index >= 15 is 0 Å². The average molecular weight is 366 g/mol. The van der Waals surface area contributed by atoms with Gasteiger partial charge in [-0.05, 0) is 42.8 Å². The fraction of sp³-hybridized carbons (Fsp3) is 0.158. The van der Waals surface area contributed by atoms with Crippen LogP contribution < -0.4 is 16.4 Å². The first kappa shape index (κ1) is 18.1. The van der Waals surface area contributed by atoms with Crippen LogP contribution in [0.1, 0.15) is 37.5 Å². The van der Waals surface area contributed by atoms with E-state index in [4.69, 9.17) is 5.73 Å². The van der Waals surface area contributed by atoms with Crippen molar-refractivity contribution in [1.29, 1.82) is 0 Å². The van der Waals surface area contributed by atoms with E-state index < -0.39 is 11.9 Å². The summed E-state index contributed by atoms with van der Waals surface area (Å²) in [6.45, 7) is 0.512. The van der Waals surface area contributed by atoms with Gasteiger partial charge in [0.1, 0.15) is 0 Å². The third kappa shape index (κ3) is 3.95. The van der Waals surface area contributed by atoms with Gasteiger partial charge in [-0.1, -0.05) is 12.1 Å². The quantitative estimate of drug-likeness (QED) is 0.531. The molecule has 1 heterocycles. The van der Waals surface area contributed by atoms with Crippen LogP contribution in [0.4, 0.5) is 10.5 Å². The smallest absolute Gasteiger partial charge is 0.319 e. The summed E-state index contributed by atoms with van der Waals surface area (Å²) < 4.78 is 0. The number of nitrogens with zero attached hydrogens (tertiary/aromatic N) is 1. The molecule has 0 bridgehead atoms. The summed E-state index contributed by atoms with van der Waals surface area (Å²) in [5, 5.41) is 5.27. The number of hydrogen-bond acceptors (Lipinski definition) is 4. The Morgan fingerprint density at radius 1 is 0.926 bits per heavy atom. The van der Waals surface area contributed by atoms with Crippen LogP contribution in [0.3, 0.4) is 0 Å². The summed E-state index contributed by atoms with van der Waals surface area (Å²) in [5.41, 5.74) is 6.84. The van der Waals surface area contributed by atoms with Crippen molar-refractivity contribution in [3.63, 3.8) is 0 Å². The Morgan fingerprint density at radius 2 is 1.52 bits per heavy atom. The number of fused-ring (bicyclic) bond motifs is 1. The third-order valence-electron chi connectivity index (χ3n) is 4.15. The van der Waals surface area contributed by atoms with Crippen molar-refractivity contribution in [3.8, 4) is 0 Å². The van der Waals surface area contributed by atoms with Gasteiger partial charge in [0, 0.05) is 24.3 Å². The Bertz CT molecular complexity index is 873. The van der Waals surface area contributed by atoms with Crippen molar-refractivity contribution in [3.05, 3.63) is 65.2 Å². The first-order valence-corrected chi connectivity index (χ1v) is 8.37. The second kappa shape index (κ2) is 7.69. The molecule has 2 aromatic rings. The Hall–Kier alpha value is -3.68. The summed E-state index contributed by atoms with van der Waals surface area (Å²) in [5.74, 6) is -1.16. The fourth-order valence-corrected chi connectivity index (χ4v) is 2.77. The number of carbonyl (C=O) groups excluding carboxylic acids is 4. The van der Waals surface area contributed by atoms with Crippen LogP contribution in [0, 0.1) is 0 Å². The zero-order valence-corrected chi connectivity index (χ0v) is 14.4. The molecule has 5 amide bonds. The van der Waals surface area contributed by atoms with Crippen LogP contribution in [-0.2, 0) is 0 Å². The molecule has 1 aliphatic heterocycles. The molecule has 0 saturated heterocycles. The number of anilines is 1. The monoisotopic (exact) mass is 366 g/mol. The maximum atomic E-state index is 12.2. The number of imide groups is 1. The largest absolute Gasteiger partial charge is 0.366 e. The fourth-order valence-electron chi connectivity index (χ4n) is 2.77. The first-order chi connectivity index (χ1) is 13.0. The van der Waals surface area contributed by atoms with Gasteiger partial charge in [0.15, 0.2) is 0 Å². The van der Waals surface area contributed by atoms with E-state index in [1.807, 2.05) is 0 Å². The molecule has 0 radical (unpaired) electrons. The van der Waals surface area contributed by atoms with Crippen molar-refractivity contribution in [2.45, 2.75) is 6.42 Å². The van der Waals surface area contributed by atoms with Crippen molar-refractivity contribution >= 4 is 29.4 Å². The van der Waals surface area contributed by atoms with Crippen molar-refractivity contribution in [2.75, 3.05) is 18.4 Å². The van der Waals surface area contributed by atoms with E-state index in [2.05, 4.69) is 10.6 Å². The van der Waals surface area contributed by atoms with E-state index in [9.17, 15) is 19.2 Å². The molecule has 0 fully saturated rings. The lowest BCUT2D eigenvalue weighted by molar-refractivity contribution is 0.0653. The Morgan fingerprint density at radius 3 is 2.07 bits per heavy atom. The molecule has 0 saturated carbocycles. The number of primary amides is 1. The molecule has 0 spiro atoms. The number of hydrogen-bond donors (Lipinski definition) is 3. The lowest BCUT2D eigenvalue weighted by atomic mass is 10.1. The van der Waals surface area contributed by atoms with Crippen molar-refractivity contribution < 1.29 is 19.2 Å². The predicted molar refractivity (Wildman–Crippen MR) is 98.4 cm³/mol. The topological polar surface area (TPSA) is 122 Å². The van der Waals surface area contributed by atoms with Crippen LogP contribution in [0.2, 0.25) is 0 Å². The zero-order chi connectivity index (χ0) is 19.4. The minimum absolute atomic E-state index is 0.222. The Kier molecular flexibility index (Phi) is 5.16. The SMILES string of the molecule is NC(=O)c1ccc(NC(=O)NCCCN2C(=O)c3ccccc3C2=O)cc1. The van der Waals surface area contributed by atoms with E-state index in [1.165, 1.54) is 17.0 Å². The number of carbonyl (C=O) groups is 4. The van der Waals surface area contributed by atoms with Crippen molar-refractivity contribution in [1.82, 2.24) is 10.2 Å². The molecule has 8 nitrogen and oxygen atoms in total. The van der Waals surface area contributed by atoms with Gasteiger partial charge in [-0.3, -0.25) is 19.3 Å². The van der Waals surface area contributed by atoms with E-state index in [1.54, 1.807) is 36.4 Å². The van der Waals surface area contributed by atoms with E-state index in [-0.39, 0.29) is 18.4 Å². The lowest BCUT2D eigenvalue weighted by Crippen LogP contribution is -2.35. The molecule has 1 aliphatic rings. The van der Waals surface area contributed by atoms with Crippen LogP contribution in [0.25, 0.3) is 0 Å². The summed E-state index contributed by atoms with van der Waals surface area (Å²) in [6, 6.07) is 12.4. The van der Waals surface area contributed by atoms with Crippen LogP contribution >= 0.6 is 0 Å². The molecule has 2 aromatic carbocycles. The normalized spacial score (nSPS) is 12.7. The van der Waals surface area contributed by atoms with E-state index in [0.717, 1.165) is 0 Å². The molecule has 3 rings (SSSR count). The highest BCUT2D eigenvalue weighted by Crippen LogP contribution is 2.22.